The van der Waals surface area contributed by atoms with Crippen LogP contribution in [0.1, 0.15) is 31.9 Å². The van der Waals surface area contributed by atoms with Crippen molar-refractivity contribution in [1.82, 2.24) is 0 Å². The quantitative estimate of drug-likeness (QED) is 0.618. The van der Waals surface area contributed by atoms with Gasteiger partial charge in [0, 0.05) is 0 Å². The topological polar surface area (TPSA) is 9.23 Å². The second kappa shape index (κ2) is 8.31. The maximum absolute atomic E-state index is 5.15. The molecule has 2 aromatic rings. The van der Waals surface area contributed by atoms with Gasteiger partial charge in [-0.1, -0.05) is 47.5 Å². The fourth-order valence-electron chi connectivity index (χ4n) is 1.91. The number of hydrogen-bond acceptors (Lipinski definition) is 1. The van der Waals surface area contributed by atoms with E-state index in [-0.39, 0.29) is 0 Å². The van der Waals surface area contributed by atoms with Crippen LogP contribution in [0.5, 0.6) is 5.75 Å². The lowest BCUT2D eigenvalue weighted by Crippen LogP contribution is -1.86. The molecule has 0 bridgehead atoms. The van der Waals surface area contributed by atoms with Crippen LogP contribution in [-0.4, -0.2) is 7.11 Å². The summed E-state index contributed by atoms with van der Waals surface area (Å²) in [5, 5.41) is 0. The molecule has 0 amide bonds. The number of aryl methyl sites for hydroxylation is 2. The Hall–Kier alpha value is -2.02. The maximum atomic E-state index is 5.15. The highest BCUT2D eigenvalue weighted by Crippen LogP contribution is 2.25. The highest BCUT2D eigenvalue weighted by atomic mass is 16.5. The normalized spacial score (nSPS) is 9.43. The Labute approximate surface area is 129 Å². The molecule has 0 saturated carbocycles. The van der Waals surface area contributed by atoms with Crippen molar-refractivity contribution in [3.63, 3.8) is 0 Å². The van der Waals surface area contributed by atoms with Gasteiger partial charge in [0.1, 0.15) is 5.75 Å². The van der Waals surface area contributed by atoms with Crippen molar-refractivity contribution in [2.24, 2.45) is 0 Å². The van der Waals surface area contributed by atoms with Crippen LogP contribution >= 0.6 is 0 Å². The Bertz CT molecular complexity index is 588. The predicted molar refractivity (Wildman–Crippen MR) is 93.0 cm³/mol. The van der Waals surface area contributed by atoms with E-state index in [0.29, 0.717) is 0 Å². The molecule has 0 unspecified atom stereocenters. The number of ether oxygens (including phenoxy) is 1. The zero-order valence-electron chi connectivity index (χ0n) is 14.0. The molecule has 0 spiro atoms. The third-order valence-corrected chi connectivity index (χ3v) is 3.36. The lowest BCUT2D eigenvalue weighted by molar-refractivity contribution is 0.415. The van der Waals surface area contributed by atoms with Crippen LogP contribution < -0.4 is 4.74 Å². The molecule has 0 aliphatic carbocycles. The maximum Gasteiger partial charge on any atom is 0.118 e. The van der Waals surface area contributed by atoms with Gasteiger partial charge in [0.15, 0.2) is 0 Å². The van der Waals surface area contributed by atoms with Crippen molar-refractivity contribution in [3.8, 4) is 16.9 Å². The van der Waals surface area contributed by atoms with Gasteiger partial charge in [-0.05, 0) is 63.4 Å². The van der Waals surface area contributed by atoms with E-state index < -0.39 is 0 Å². The summed E-state index contributed by atoms with van der Waals surface area (Å²) in [4.78, 5) is 0. The van der Waals surface area contributed by atoms with Crippen molar-refractivity contribution < 1.29 is 4.74 Å². The van der Waals surface area contributed by atoms with E-state index in [4.69, 9.17) is 4.74 Å². The van der Waals surface area contributed by atoms with E-state index >= 15 is 0 Å². The first-order valence-electron chi connectivity index (χ1n) is 7.29. The fourth-order valence-corrected chi connectivity index (χ4v) is 1.91. The molecule has 0 aliphatic heterocycles. The zero-order valence-corrected chi connectivity index (χ0v) is 14.0. The Balaban J connectivity index is 0.000000383. The smallest absolute Gasteiger partial charge is 0.118 e. The van der Waals surface area contributed by atoms with Gasteiger partial charge in [-0.15, -0.1) is 0 Å². The van der Waals surface area contributed by atoms with Gasteiger partial charge in [-0.25, -0.2) is 0 Å². The number of methoxy groups -OCH3 is 1. The number of allylic oxidation sites excluding steroid dienone is 2. The number of hydrogen-bond donors (Lipinski definition) is 0. The van der Waals surface area contributed by atoms with Gasteiger partial charge < -0.3 is 4.74 Å². The van der Waals surface area contributed by atoms with Crippen molar-refractivity contribution in [3.05, 3.63) is 65.2 Å². The standard InChI is InChI=1S/C15H16O.C5H10/c1-11-4-9-15(12(2)10-11)13-5-7-14(16-3)8-6-13;1-4-5(2)3/h4-10H,1-3H3;4H,1-3H3. The van der Waals surface area contributed by atoms with Gasteiger partial charge in [-0.3, -0.25) is 0 Å². The lowest BCUT2D eigenvalue weighted by atomic mass is 9.99. The summed E-state index contributed by atoms with van der Waals surface area (Å²) in [6.07, 6.45) is 2.08. The van der Waals surface area contributed by atoms with Gasteiger partial charge >= 0.3 is 0 Å². The second-order valence-electron chi connectivity index (χ2n) is 5.41. The van der Waals surface area contributed by atoms with Crippen LogP contribution in [0.15, 0.2) is 54.1 Å². The van der Waals surface area contributed by atoms with Crippen molar-refractivity contribution in [1.29, 1.82) is 0 Å². The van der Waals surface area contributed by atoms with Crippen molar-refractivity contribution in [2.45, 2.75) is 34.6 Å². The number of benzene rings is 2. The molecule has 0 heterocycles. The summed E-state index contributed by atoms with van der Waals surface area (Å²) in [5.41, 5.74) is 6.51. The van der Waals surface area contributed by atoms with Crippen LogP contribution in [0.2, 0.25) is 0 Å². The molecule has 21 heavy (non-hydrogen) atoms. The Morgan fingerprint density at radius 3 is 1.95 bits per heavy atom. The molecular weight excluding hydrogens is 256 g/mol. The van der Waals surface area contributed by atoms with Crippen molar-refractivity contribution >= 4 is 0 Å². The first-order valence-corrected chi connectivity index (χ1v) is 7.29. The predicted octanol–water partition coefficient (Wildman–Crippen LogP) is 5.95. The summed E-state index contributed by atoms with van der Waals surface area (Å²) >= 11 is 0. The van der Waals surface area contributed by atoms with E-state index in [9.17, 15) is 0 Å². The highest BCUT2D eigenvalue weighted by Gasteiger charge is 2.01. The molecule has 0 N–H and O–H groups in total. The second-order valence-corrected chi connectivity index (χ2v) is 5.41. The third-order valence-electron chi connectivity index (χ3n) is 3.36. The molecular formula is C20H26O. The van der Waals surface area contributed by atoms with Crippen LogP contribution in [0, 0.1) is 13.8 Å². The summed E-state index contributed by atoms with van der Waals surface area (Å²) in [7, 11) is 1.69. The zero-order chi connectivity index (χ0) is 15.8. The molecule has 0 atom stereocenters. The summed E-state index contributed by atoms with van der Waals surface area (Å²) < 4.78 is 5.15. The Kier molecular flexibility index (Phi) is 6.74. The molecule has 1 heteroatoms. The van der Waals surface area contributed by atoms with E-state index in [1.165, 1.54) is 27.8 Å². The van der Waals surface area contributed by atoms with Gasteiger partial charge in [0.05, 0.1) is 7.11 Å². The third kappa shape index (κ3) is 5.47. The first kappa shape index (κ1) is 17.0. The minimum absolute atomic E-state index is 0.897. The molecule has 0 aliphatic rings. The first-order chi connectivity index (χ1) is 9.97. The summed E-state index contributed by atoms with van der Waals surface area (Å²) in [6.45, 7) is 10.5. The van der Waals surface area contributed by atoms with E-state index in [1.54, 1.807) is 7.11 Å². The fraction of sp³-hybridized carbons (Fsp3) is 0.300. The Morgan fingerprint density at radius 1 is 0.952 bits per heavy atom. The molecule has 0 aromatic heterocycles. The van der Waals surface area contributed by atoms with Gasteiger partial charge in [-0.2, -0.15) is 0 Å². The van der Waals surface area contributed by atoms with Gasteiger partial charge in [0.25, 0.3) is 0 Å². The Morgan fingerprint density at radius 2 is 1.52 bits per heavy atom. The largest absolute Gasteiger partial charge is 0.497 e. The summed E-state index contributed by atoms with van der Waals surface area (Å²) in [5.74, 6) is 0.897. The molecule has 0 saturated heterocycles. The SMILES string of the molecule is CC=C(C)C.COc1ccc(-c2ccc(C)cc2C)cc1. The molecule has 2 rings (SSSR count). The lowest BCUT2D eigenvalue weighted by Gasteiger charge is -2.08. The summed E-state index contributed by atoms with van der Waals surface area (Å²) in [6, 6.07) is 14.7. The average molecular weight is 282 g/mol. The minimum Gasteiger partial charge on any atom is -0.497 e. The molecule has 112 valence electrons. The van der Waals surface area contributed by atoms with Gasteiger partial charge in [0.2, 0.25) is 0 Å². The minimum atomic E-state index is 0.897. The van der Waals surface area contributed by atoms with Crippen molar-refractivity contribution in [2.75, 3.05) is 7.11 Å². The van der Waals surface area contributed by atoms with E-state index in [2.05, 4.69) is 64.1 Å². The van der Waals surface area contributed by atoms with E-state index in [1.807, 2.05) is 19.1 Å². The van der Waals surface area contributed by atoms with Crippen LogP contribution in [0.4, 0.5) is 0 Å². The highest BCUT2D eigenvalue weighted by molar-refractivity contribution is 5.68. The molecule has 0 fully saturated rings. The average Bonchev–Trinajstić information content (AvgIpc) is 2.48. The van der Waals surface area contributed by atoms with E-state index in [0.717, 1.165) is 5.75 Å². The van der Waals surface area contributed by atoms with Crippen LogP contribution in [-0.2, 0) is 0 Å². The molecule has 2 aromatic carbocycles. The monoisotopic (exact) mass is 282 g/mol. The number of rotatable bonds is 2. The van der Waals surface area contributed by atoms with Crippen LogP contribution in [0.25, 0.3) is 11.1 Å². The molecule has 0 radical (unpaired) electrons. The molecule has 1 nitrogen and oxygen atoms in total. The van der Waals surface area contributed by atoms with Crippen LogP contribution in [0.3, 0.4) is 0 Å².